The third-order valence-corrected chi connectivity index (χ3v) is 2.55. The SMILES string of the molecule is CCNC(=O)C(C(C)C)N(C)CCOCCO. The fourth-order valence-electron chi connectivity index (χ4n) is 1.80. The van der Waals surface area contributed by atoms with Gasteiger partial charge in [0, 0.05) is 13.1 Å². The highest BCUT2D eigenvalue weighted by Gasteiger charge is 2.25. The summed E-state index contributed by atoms with van der Waals surface area (Å²) in [4.78, 5) is 13.9. The molecular formula is C12H26N2O3. The molecule has 0 heterocycles. The highest BCUT2D eigenvalue weighted by molar-refractivity contribution is 5.81. The van der Waals surface area contributed by atoms with Crippen LogP contribution in [-0.2, 0) is 9.53 Å². The number of aliphatic hydroxyl groups is 1. The van der Waals surface area contributed by atoms with E-state index in [1.165, 1.54) is 0 Å². The molecule has 102 valence electrons. The van der Waals surface area contributed by atoms with E-state index < -0.39 is 0 Å². The van der Waals surface area contributed by atoms with Gasteiger partial charge in [0.25, 0.3) is 0 Å². The quantitative estimate of drug-likeness (QED) is 0.566. The summed E-state index contributed by atoms with van der Waals surface area (Å²) in [5.41, 5.74) is 0. The zero-order valence-electron chi connectivity index (χ0n) is 11.4. The summed E-state index contributed by atoms with van der Waals surface area (Å²) >= 11 is 0. The number of nitrogens with one attached hydrogen (secondary N) is 1. The van der Waals surface area contributed by atoms with Gasteiger partial charge in [-0.25, -0.2) is 0 Å². The Balaban J connectivity index is 4.15. The van der Waals surface area contributed by atoms with Crippen LogP contribution >= 0.6 is 0 Å². The molecule has 0 saturated carbocycles. The first-order valence-electron chi connectivity index (χ1n) is 6.21. The summed E-state index contributed by atoms with van der Waals surface area (Å²) < 4.78 is 5.20. The van der Waals surface area contributed by atoms with Gasteiger partial charge >= 0.3 is 0 Å². The van der Waals surface area contributed by atoms with Crippen LogP contribution in [0.25, 0.3) is 0 Å². The van der Waals surface area contributed by atoms with Crippen molar-refractivity contribution in [2.75, 3.05) is 40.0 Å². The van der Waals surface area contributed by atoms with E-state index in [9.17, 15) is 4.79 Å². The summed E-state index contributed by atoms with van der Waals surface area (Å²) in [6.07, 6.45) is 0. The number of hydrogen-bond acceptors (Lipinski definition) is 4. The maximum absolute atomic E-state index is 11.9. The fourth-order valence-corrected chi connectivity index (χ4v) is 1.80. The normalized spacial score (nSPS) is 13.1. The Labute approximate surface area is 104 Å². The topological polar surface area (TPSA) is 61.8 Å². The maximum Gasteiger partial charge on any atom is 0.237 e. The standard InChI is InChI=1S/C12H26N2O3/c1-5-13-12(16)11(10(2)3)14(4)6-8-17-9-7-15/h10-11,15H,5-9H2,1-4H3,(H,13,16). The molecule has 0 aliphatic carbocycles. The minimum atomic E-state index is -0.132. The molecule has 0 saturated heterocycles. The van der Waals surface area contributed by atoms with Crippen LogP contribution in [0.2, 0.25) is 0 Å². The van der Waals surface area contributed by atoms with Crippen molar-refractivity contribution in [2.24, 2.45) is 5.92 Å². The van der Waals surface area contributed by atoms with E-state index in [1.54, 1.807) is 0 Å². The van der Waals surface area contributed by atoms with Crippen molar-refractivity contribution in [3.05, 3.63) is 0 Å². The lowest BCUT2D eigenvalue weighted by Gasteiger charge is -2.29. The number of likely N-dealkylation sites (N-methyl/N-ethyl adjacent to an activating group) is 2. The van der Waals surface area contributed by atoms with Gasteiger partial charge in [-0.3, -0.25) is 9.69 Å². The van der Waals surface area contributed by atoms with Gasteiger partial charge in [-0.05, 0) is 19.9 Å². The number of aliphatic hydroxyl groups excluding tert-OH is 1. The van der Waals surface area contributed by atoms with Gasteiger partial charge in [0.1, 0.15) is 0 Å². The number of carbonyl (C=O) groups excluding carboxylic acids is 1. The Bertz CT molecular complexity index is 210. The smallest absolute Gasteiger partial charge is 0.237 e. The number of rotatable bonds is 9. The molecule has 2 N–H and O–H groups in total. The largest absolute Gasteiger partial charge is 0.394 e. The molecule has 0 radical (unpaired) electrons. The van der Waals surface area contributed by atoms with Gasteiger partial charge < -0.3 is 15.2 Å². The third kappa shape index (κ3) is 6.61. The van der Waals surface area contributed by atoms with Gasteiger partial charge in [-0.15, -0.1) is 0 Å². The van der Waals surface area contributed by atoms with E-state index in [2.05, 4.69) is 5.32 Å². The van der Waals surface area contributed by atoms with Crippen LogP contribution < -0.4 is 5.32 Å². The summed E-state index contributed by atoms with van der Waals surface area (Å²) in [7, 11) is 1.92. The van der Waals surface area contributed by atoms with E-state index in [4.69, 9.17) is 9.84 Å². The fraction of sp³-hybridized carbons (Fsp3) is 0.917. The molecule has 0 aromatic rings. The Morgan fingerprint density at radius 3 is 2.53 bits per heavy atom. The minimum absolute atomic E-state index is 0.0354. The van der Waals surface area contributed by atoms with Gasteiger partial charge in [-0.2, -0.15) is 0 Å². The average Bonchev–Trinajstić information content (AvgIpc) is 2.24. The number of ether oxygens (including phenoxy) is 1. The molecule has 1 amide bonds. The molecule has 0 aromatic carbocycles. The molecule has 5 heteroatoms. The minimum Gasteiger partial charge on any atom is -0.394 e. The molecule has 0 bridgehead atoms. The van der Waals surface area contributed by atoms with Crippen molar-refractivity contribution < 1.29 is 14.6 Å². The van der Waals surface area contributed by atoms with Crippen molar-refractivity contribution in [3.63, 3.8) is 0 Å². The monoisotopic (exact) mass is 246 g/mol. The first kappa shape index (κ1) is 16.4. The van der Waals surface area contributed by atoms with Gasteiger partial charge in [0.2, 0.25) is 5.91 Å². The molecular weight excluding hydrogens is 220 g/mol. The van der Waals surface area contributed by atoms with Crippen LogP contribution in [0, 0.1) is 5.92 Å². The van der Waals surface area contributed by atoms with E-state index >= 15 is 0 Å². The Morgan fingerprint density at radius 2 is 2.06 bits per heavy atom. The highest BCUT2D eigenvalue weighted by Crippen LogP contribution is 2.09. The highest BCUT2D eigenvalue weighted by atomic mass is 16.5. The molecule has 0 rings (SSSR count). The van der Waals surface area contributed by atoms with Crippen molar-refractivity contribution in [1.29, 1.82) is 0 Å². The van der Waals surface area contributed by atoms with Gasteiger partial charge in [0.15, 0.2) is 0 Å². The third-order valence-electron chi connectivity index (χ3n) is 2.55. The van der Waals surface area contributed by atoms with E-state index in [0.717, 1.165) is 0 Å². The predicted octanol–water partition coefficient (Wildman–Crippen LogP) is 0.0878. The second-order valence-electron chi connectivity index (χ2n) is 4.40. The van der Waals surface area contributed by atoms with Crippen LogP contribution in [0.3, 0.4) is 0 Å². The van der Waals surface area contributed by atoms with Crippen LogP contribution in [0.15, 0.2) is 0 Å². The summed E-state index contributed by atoms with van der Waals surface area (Å²) in [6.45, 7) is 8.22. The van der Waals surface area contributed by atoms with E-state index in [0.29, 0.717) is 26.3 Å². The van der Waals surface area contributed by atoms with E-state index in [1.807, 2.05) is 32.7 Å². The molecule has 0 fully saturated rings. The molecule has 5 nitrogen and oxygen atoms in total. The first-order valence-corrected chi connectivity index (χ1v) is 6.21. The second kappa shape index (κ2) is 9.39. The zero-order chi connectivity index (χ0) is 13.3. The zero-order valence-corrected chi connectivity index (χ0v) is 11.4. The Kier molecular flexibility index (Phi) is 9.03. The lowest BCUT2D eigenvalue weighted by atomic mass is 10.0. The van der Waals surface area contributed by atoms with Crippen molar-refractivity contribution >= 4 is 5.91 Å². The van der Waals surface area contributed by atoms with Crippen LogP contribution in [-0.4, -0.2) is 61.9 Å². The Morgan fingerprint density at radius 1 is 1.41 bits per heavy atom. The van der Waals surface area contributed by atoms with Gasteiger partial charge in [-0.1, -0.05) is 13.8 Å². The lowest BCUT2D eigenvalue weighted by molar-refractivity contribution is -0.127. The second-order valence-corrected chi connectivity index (χ2v) is 4.40. The number of carbonyl (C=O) groups is 1. The van der Waals surface area contributed by atoms with Gasteiger partial charge in [0.05, 0.1) is 25.9 Å². The Hall–Kier alpha value is -0.650. The number of amides is 1. The van der Waals surface area contributed by atoms with Crippen LogP contribution in [0.1, 0.15) is 20.8 Å². The number of hydrogen-bond donors (Lipinski definition) is 2. The summed E-state index contributed by atoms with van der Waals surface area (Å²) in [5, 5.41) is 11.4. The number of nitrogens with zero attached hydrogens (tertiary/aromatic N) is 1. The summed E-state index contributed by atoms with van der Waals surface area (Å²) in [5.74, 6) is 0.316. The van der Waals surface area contributed by atoms with Crippen molar-refractivity contribution in [2.45, 2.75) is 26.8 Å². The van der Waals surface area contributed by atoms with Crippen LogP contribution in [0.4, 0.5) is 0 Å². The first-order chi connectivity index (χ1) is 8.04. The average molecular weight is 246 g/mol. The molecule has 0 aromatic heterocycles. The molecule has 1 unspecified atom stereocenters. The lowest BCUT2D eigenvalue weighted by Crippen LogP contribution is -2.49. The van der Waals surface area contributed by atoms with Crippen molar-refractivity contribution in [3.8, 4) is 0 Å². The molecule has 1 atom stereocenters. The molecule has 17 heavy (non-hydrogen) atoms. The molecule has 0 aliphatic heterocycles. The molecule has 0 aliphatic rings. The van der Waals surface area contributed by atoms with E-state index in [-0.39, 0.29) is 24.5 Å². The summed E-state index contributed by atoms with van der Waals surface area (Å²) in [6, 6.07) is -0.132. The van der Waals surface area contributed by atoms with Crippen molar-refractivity contribution in [1.82, 2.24) is 10.2 Å². The predicted molar refractivity (Wildman–Crippen MR) is 67.8 cm³/mol. The maximum atomic E-state index is 11.9. The van der Waals surface area contributed by atoms with Crippen LogP contribution in [0.5, 0.6) is 0 Å². The molecule has 0 spiro atoms.